The molecule has 8 nitrogen and oxygen atoms in total. The maximum Gasteiger partial charge on any atom is 0.319 e. The van der Waals surface area contributed by atoms with Crippen LogP contribution in [-0.4, -0.2) is 16.9 Å². The first kappa shape index (κ1) is 20.2. The van der Waals surface area contributed by atoms with Crippen molar-refractivity contribution < 1.29 is 14.0 Å². The van der Waals surface area contributed by atoms with E-state index in [1.165, 1.54) is 24.5 Å². The minimum atomic E-state index is -0.429. The van der Waals surface area contributed by atoms with E-state index in [1.807, 2.05) is 6.07 Å². The third-order valence-corrected chi connectivity index (χ3v) is 4.81. The summed E-state index contributed by atoms with van der Waals surface area (Å²) in [7, 11) is 0. The molecule has 9 heteroatoms. The zero-order valence-electron chi connectivity index (χ0n) is 16.1. The van der Waals surface area contributed by atoms with Gasteiger partial charge in [-0.2, -0.15) is 0 Å². The van der Waals surface area contributed by atoms with E-state index >= 15 is 0 Å². The van der Waals surface area contributed by atoms with Gasteiger partial charge in [-0.3, -0.25) is 9.59 Å². The first-order valence-electron chi connectivity index (χ1n) is 9.29. The van der Waals surface area contributed by atoms with E-state index in [1.54, 1.807) is 36.5 Å². The molecule has 0 unspecified atom stereocenters. The topological polar surface area (TPSA) is 116 Å². The molecule has 0 saturated heterocycles. The average molecular weight is 437 g/mol. The Morgan fingerprint density at radius 1 is 1.03 bits per heavy atom. The number of carbonyl (C=O) groups is 2. The van der Waals surface area contributed by atoms with Crippen molar-refractivity contribution in [3.8, 4) is 0 Å². The number of amides is 3. The zero-order chi connectivity index (χ0) is 21.8. The van der Waals surface area contributed by atoms with Gasteiger partial charge in [0.25, 0.3) is 5.91 Å². The fraction of sp³-hybridized carbons (Fsp3) is 0.0455. The molecule has 156 valence electrons. The second kappa shape index (κ2) is 8.76. The van der Waals surface area contributed by atoms with Gasteiger partial charge in [-0.1, -0.05) is 17.7 Å². The van der Waals surface area contributed by atoms with Gasteiger partial charge in [0, 0.05) is 35.4 Å². The van der Waals surface area contributed by atoms with Gasteiger partial charge >= 0.3 is 6.03 Å². The first-order chi connectivity index (χ1) is 15.0. The molecule has 0 fully saturated rings. The fourth-order valence-electron chi connectivity index (χ4n) is 2.98. The summed E-state index contributed by atoms with van der Waals surface area (Å²) >= 11 is 6.21. The summed E-state index contributed by atoms with van der Waals surface area (Å²) in [5, 5.41) is 8.92. The number of rotatable bonds is 5. The Bertz CT molecular complexity index is 1310. The number of urea groups is 1. The number of nitrogens with one attached hydrogen (secondary N) is 4. The number of carbonyl (C=O) groups excluding carboxylic acids is 2. The number of furan rings is 1. The first-order valence-corrected chi connectivity index (χ1v) is 9.67. The molecule has 2 heterocycles. The lowest BCUT2D eigenvalue weighted by atomic mass is 10.1. The van der Waals surface area contributed by atoms with Crippen molar-refractivity contribution in [1.82, 2.24) is 10.3 Å². The number of hydrogen-bond donors (Lipinski definition) is 4. The van der Waals surface area contributed by atoms with Gasteiger partial charge in [0.15, 0.2) is 11.2 Å². The van der Waals surface area contributed by atoms with Crippen LogP contribution in [0.2, 0.25) is 5.02 Å². The molecule has 0 atom stereocenters. The summed E-state index contributed by atoms with van der Waals surface area (Å²) in [4.78, 5) is 39.1. The van der Waals surface area contributed by atoms with Gasteiger partial charge in [-0.15, -0.1) is 0 Å². The van der Waals surface area contributed by atoms with Crippen molar-refractivity contribution >= 4 is 45.8 Å². The van der Waals surface area contributed by atoms with Gasteiger partial charge < -0.3 is 25.4 Å². The number of aromatic nitrogens is 1. The highest BCUT2D eigenvalue weighted by Gasteiger charge is 2.12. The number of H-pyrrole nitrogens is 1. The number of benzene rings is 2. The Balaban J connectivity index is 1.36. The summed E-state index contributed by atoms with van der Waals surface area (Å²) < 4.78 is 5.04. The Labute approximate surface area is 181 Å². The van der Waals surface area contributed by atoms with E-state index in [-0.39, 0.29) is 22.8 Å². The summed E-state index contributed by atoms with van der Waals surface area (Å²) in [5.74, 6) is -0.266. The largest absolute Gasteiger partial charge is 0.459 e. The SMILES string of the molecule is O=C(NCc1ccc2c(=O)cc[nH]c2c1)Nc1ccc(NC(=O)c2ccco2)c(Cl)c1. The quantitative estimate of drug-likeness (QED) is 0.372. The standard InChI is InChI=1S/C22H17ClN4O4/c23-16-11-14(4-6-17(16)27-21(29)20-2-1-9-31-20)26-22(30)25-12-13-3-5-15-18(10-13)24-8-7-19(15)28/h1-11H,12H2,(H,24,28)(H,27,29)(H2,25,26,30). The number of aromatic amines is 1. The monoisotopic (exact) mass is 436 g/mol. The molecular formula is C22H17ClN4O4. The van der Waals surface area contributed by atoms with Gasteiger partial charge in [-0.05, 0) is 48.0 Å². The average Bonchev–Trinajstić information content (AvgIpc) is 3.29. The number of anilines is 2. The van der Waals surface area contributed by atoms with E-state index in [0.717, 1.165) is 5.56 Å². The van der Waals surface area contributed by atoms with E-state index in [4.69, 9.17) is 16.0 Å². The van der Waals surface area contributed by atoms with Crippen LogP contribution in [0.15, 0.2) is 76.3 Å². The lowest BCUT2D eigenvalue weighted by Crippen LogP contribution is -2.28. The van der Waals surface area contributed by atoms with Crippen LogP contribution >= 0.6 is 11.6 Å². The third kappa shape index (κ3) is 4.76. The number of pyridine rings is 1. The summed E-state index contributed by atoms with van der Waals surface area (Å²) in [6.07, 6.45) is 2.98. The molecule has 3 amide bonds. The summed E-state index contributed by atoms with van der Waals surface area (Å²) in [5.41, 5.74) is 2.32. The molecule has 2 aromatic carbocycles. The van der Waals surface area contributed by atoms with E-state index < -0.39 is 11.9 Å². The Morgan fingerprint density at radius 2 is 1.90 bits per heavy atom. The minimum absolute atomic E-state index is 0.0633. The molecule has 0 spiro atoms. The molecule has 4 aromatic rings. The van der Waals surface area contributed by atoms with Crippen LogP contribution in [0.4, 0.5) is 16.2 Å². The molecule has 4 rings (SSSR count). The van der Waals surface area contributed by atoms with E-state index in [2.05, 4.69) is 20.9 Å². The van der Waals surface area contributed by atoms with Crippen LogP contribution in [0.25, 0.3) is 10.9 Å². The molecule has 0 bridgehead atoms. The maximum atomic E-state index is 12.2. The molecular weight excluding hydrogens is 420 g/mol. The Kier molecular flexibility index (Phi) is 5.72. The number of fused-ring (bicyclic) bond motifs is 1. The number of hydrogen-bond acceptors (Lipinski definition) is 4. The summed E-state index contributed by atoms with van der Waals surface area (Å²) in [6, 6.07) is 14.2. The van der Waals surface area contributed by atoms with Crippen LogP contribution in [0.3, 0.4) is 0 Å². The molecule has 4 N–H and O–H groups in total. The maximum absolute atomic E-state index is 12.2. The lowest BCUT2D eigenvalue weighted by Gasteiger charge is -2.11. The van der Waals surface area contributed by atoms with Crippen LogP contribution in [0.5, 0.6) is 0 Å². The molecule has 0 aliphatic rings. The molecule has 0 aliphatic heterocycles. The Hall–Kier alpha value is -4.04. The second-order valence-corrected chi connectivity index (χ2v) is 7.06. The van der Waals surface area contributed by atoms with Crippen LogP contribution in [-0.2, 0) is 6.54 Å². The van der Waals surface area contributed by atoms with Crippen molar-refractivity contribution in [2.24, 2.45) is 0 Å². The van der Waals surface area contributed by atoms with Gasteiger partial charge in [0.05, 0.1) is 17.0 Å². The highest BCUT2D eigenvalue weighted by atomic mass is 35.5. The van der Waals surface area contributed by atoms with Crippen molar-refractivity contribution in [3.63, 3.8) is 0 Å². The molecule has 2 aromatic heterocycles. The summed E-state index contributed by atoms with van der Waals surface area (Å²) in [6.45, 7) is 0.268. The van der Waals surface area contributed by atoms with Crippen molar-refractivity contribution in [1.29, 1.82) is 0 Å². The molecule has 31 heavy (non-hydrogen) atoms. The van der Waals surface area contributed by atoms with E-state index in [9.17, 15) is 14.4 Å². The second-order valence-electron chi connectivity index (χ2n) is 6.66. The normalized spacial score (nSPS) is 10.6. The third-order valence-electron chi connectivity index (χ3n) is 4.50. The smallest absolute Gasteiger partial charge is 0.319 e. The predicted octanol–water partition coefficient (Wildman–Crippen LogP) is 4.35. The van der Waals surface area contributed by atoms with E-state index in [0.29, 0.717) is 22.3 Å². The highest BCUT2D eigenvalue weighted by molar-refractivity contribution is 6.34. The Morgan fingerprint density at radius 3 is 2.68 bits per heavy atom. The van der Waals surface area contributed by atoms with Crippen molar-refractivity contribution in [2.45, 2.75) is 6.54 Å². The van der Waals surface area contributed by atoms with Crippen LogP contribution in [0, 0.1) is 0 Å². The van der Waals surface area contributed by atoms with Crippen LogP contribution < -0.4 is 21.4 Å². The molecule has 0 aliphatic carbocycles. The van der Waals surface area contributed by atoms with Crippen molar-refractivity contribution in [3.05, 3.63) is 93.6 Å². The van der Waals surface area contributed by atoms with Crippen LogP contribution in [0.1, 0.15) is 16.1 Å². The van der Waals surface area contributed by atoms with Gasteiger partial charge in [0.1, 0.15) is 0 Å². The molecule has 0 radical (unpaired) electrons. The predicted molar refractivity (Wildman–Crippen MR) is 119 cm³/mol. The zero-order valence-corrected chi connectivity index (χ0v) is 16.8. The fourth-order valence-corrected chi connectivity index (χ4v) is 3.20. The van der Waals surface area contributed by atoms with Gasteiger partial charge in [-0.25, -0.2) is 4.79 Å². The van der Waals surface area contributed by atoms with Crippen molar-refractivity contribution in [2.75, 3.05) is 10.6 Å². The lowest BCUT2D eigenvalue weighted by molar-refractivity contribution is 0.0996. The number of halogens is 1. The highest BCUT2D eigenvalue weighted by Crippen LogP contribution is 2.26. The molecule has 0 saturated carbocycles. The van der Waals surface area contributed by atoms with Gasteiger partial charge in [0.2, 0.25) is 0 Å². The minimum Gasteiger partial charge on any atom is -0.459 e.